The smallest absolute Gasteiger partial charge is 0.356 e. The average molecular weight is 316 g/mol. The standard InChI is InChI=1S/C10H12N4O8/c1-3(7(15)16)11-13-5(9(19)20)6(10(21)22)14-12-4(2)8(17)18/h13-14H,1-2H3,(H,15,16)(H,17,18)(H,19,20)(H,21,22). The molecule has 0 spiro atoms. The van der Waals surface area contributed by atoms with Crippen LogP contribution in [0.1, 0.15) is 13.8 Å². The van der Waals surface area contributed by atoms with E-state index in [0.717, 1.165) is 13.8 Å². The van der Waals surface area contributed by atoms with Crippen molar-refractivity contribution in [3.05, 3.63) is 11.4 Å². The first-order chi connectivity index (χ1) is 10.1. The van der Waals surface area contributed by atoms with Gasteiger partial charge in [0.1, 0.15) is 11.4 Å². The highest BCUT2D eigenvalue weighted by atomic mass is 16.4. The van der Waals surface area contributed by atoms with Crippen LogP contribution in [0.15, 0.2) is 21.6 Å². The number of hydrogen-bond donors (Lipinski definition) is 6. The summed E-state index contributed by atoms with van der Waals surface area (Å²) in [7, 11) is 0. The second kappa shape index (κ2) is 7.98. The number of nitrogens with zero attached hydrogens (tertiary/aromatic N) is 2. The van der Waals surface area contributed by atoms with E-state index in [9.17, 15) is 19.2 Å². The monoisotopic (exact) mass is 316 g/mol. The molecule has 22 heavy (non-hydrogen) atoms. The Kier molecular flexibility index (Phi) is 6.74. The Bertz CT molecular complexity index is 552. The van der Waals surface area contributed by atoms with E-state index in [1.165, 1.54) is 0 Å². The van der Waals surface area contributed by atoms with Gasteiger partial charge in [0.2, 0.25) is 0 Å². The lowest BCUT2D eigenvalue weighted by Gasteiger charge is -2.08. The molecule has 12 nitrogen and oxygen atoms in total. The van der Waals surface area contributed by atoms with Crippen molar-refractivity contribution in [1.82, 2.24) is 10.9 Å². The van der Waals surface area contributed by atoms with Crippen LogP contribution in [0.5, 0.6) is 0 Å². The van der Waals surface area contributed by atoms with E-state index in [1.54, 1.807) is 10.9 Å². The van der Waals surface area contributed by atoms with E-state index in [0.29, 0.717) is 0 Å². The molecule has 0 aliphatic heterocycles. The van der Waals surface area contributed by atoms with Crippen LogP contribution < -0.4 is 10.9 Å². The molecule has 0 aliphatic carbocycles. The number of carboxylic acid groups (broad SMARTS) is 4. The zero-order chi connectivity index (χ0) is 17.4. The third-order valence-corrected chi connectivity index (χ3v) is 1.97. The second-order valence-corrected chi connectivity index (χ2v) is 3.59. The van der Waals surface area contributed by atoms with Crippen LogP contribution in [-0.2, 0) is 19.2 Å². The molecule has 0 aliphatic rings. The Balaban J connectivity index is 5.68. The lowest BCUT2D eigenvalue weighted by Crippen LogP contribution is -2.29. The third-order valence-electron chi connectivity index (χ3n) is 1.97. The van der Waals surface area contributed by atoms with Crippen LogP contribution in [0.4, 0.5) is 0 Å². The Morgan fingerprint density at radius 1 is 0.636 bits per heavy atom. The number of aliphatic carboxylic acids is 4. The maximum Gasteiger partial charge on any atom is 0.356 e. The van der Waals surface area contributed by atoms with E-state index in [2.05, 4.69) is 10.2 Å². The fourth-order valence-corrected chi connectivity index (χ4v) is 0.796. The van der Waals surface area contributed by atoms with E-state index >= 15 is 0 Å². The van der Waals surface area contributed by atoms with Crippen molar-refractivity contribution in [1.29, 1.82) is 0 Å². The summed E-state index contributed by atoms with van der Waals surface area (Å²) in [5, 5.41) is 41.3. The summed E-state index contributed by atoms with van der Waals surface area (Å²) in [6.07, 6.45) is 0. The summed E-state index contributed by atoms with van der Waals surface area (Å²) in [6.45, 7) is 2.07. The third kappa shape index (κ3) is 5.68. The molecule has 0 heterocycles. The van der Waals surface area contributed by atoms with Crippen molar-refractivity contribution in [2.24, 2.45) is 10.2 Å². The summed E-state index contributed by atoms with van der Waals surface area (Å²) in [5.74, 6) is -6.48. The van der Waals surface area contributed by atoms with Gasteiger partial charge < -0.3 is 20.4 Å². The van der Waals surface area contributed by atoms with Gasteiger partial charge in [-0.2, -0.15) is 10.2 Å². The fourth-order valence-electron chi connectivity index (χ4n) is 0.796. The minimum atomic E-state index is -1.78. The first-order valence-corrected chi connectivity index (χ1v) is 5.36. The normalized spacial score (nSPS) is 13.0. The van der Waals surface area contributed by atoms with E-state index in [-0.39, 0.29) is 0 Å². The Hall–Kier alpha value is -3.44. The van der Waals surface area contributed by atoms with Crippen molar-refractivity contribution in [3.63, 3.8) is 0 Å². The molecule has 0 saturated carbocycles. The molecule has 0 fully saturated rings. The van der Waals surface area contributed by atoms with Crippen molar-refractivity contribution in [2.45, 2.75) is 13.8 Å². The summed E-state index contributed by atoms with van der Waals surface area (Å²) < 4.78 is 0. The minimum absolute atomic E-state index is 0.534. The van der Waals surface area contributed by atoms with Gasteiger partial charge in [-0.3, -0.25) is 10.9 Å². The molecule has 0 amide bonds. The predicted molar refractivity (Wildman–Crippen MR) is 70.1 cm³/mol. The topological polar surface area (TPSA) is 198 Å². The van der Waals surface area contributed by atoms with E-state index in [1.807, 2.05) is 0 Å². The molecule has 0 rings (SSSR count). The molecule has 6 N–H and O–H groups in total. The summed E-state index contributed by atoms with van der Waals surface area (Å²) >= 11 is 0. The predicted octanol–water partition coefficient (Wildman–Crippen LogP) is -1.53. The Morgan fingerprint density at radius 3 is 1.09 bits per heavy atom. The molecule has 0 radical (unpaired) electrons. The molecule has 0 saturated heterocycles. The van der Waals surface area contributed by atoms with Gasteiger partial charge in [-0.25, -0.2) is 19.2 Å². The van der Waals surface area contributed by atoms with Crippen LogP contribution in [0.2, 0.25) is 0 Å². The molecular formula is C10H12N4O8. The zero-order valence-electron chi connectivity index (χ0n) is 11.3. The molecule has 0 bridgehead atoms. The highest BCUT2D eigenvalue weighted by Gasteiger charge is 2.21. The van der Waals surface area contributed by atoms with Gasteiger partial charge in [0.05, 0.1) is 0 Å². The number of carbonyl (C=O) groups is 4. The summed E-state index contributed by atoms with van der Waals surface area (Å²) in [5.41, 5.74) is 0.392. The van der Waals surface area contributed by atoms with Crippen LogP contribution >= 0.6 is 0 Å². The van der Waals surface area contributed by atoms with Gasteiger partial charge >= 0.3 is 23.9 Å². The fraction of sp³-hybridized carbons (Fsp3) is 0.200. The van der Waals surface area contributed by atoms with Gasteiger partial charge in [-0.15, -0.1) is 0 Å². The summed E-state index contributed by atoms with van der Waals surface area (Å²) in [6, 6.07) is 0. The Morgan fingerprint density at radius 2 is 0.909 bits per heavy atom. The zero-order valence-corrected chi connectivity index (χ0v) is 11.3. The van der Waals surface area contributed by atoms with Crippen LogP contribution in [0, 0.1) is 0 Å². The molecule has 0 aromatic carbocycles. The van der Waals surface area contributed by atoms with Gasteiger partial charge in [0.15, 0.2) is 11.4 Å². The Labute approximate surface area is 122 Å². The van der Waals surface area contributed by atoms with E-state index < -0.39 is 46.7 Å². The first-order valence-electron chi connectivity index (χ1n) is 5.36. The van der Waals surface area contributed by atoms with Gasteiger partial charge in [-0.05, 0) is 13.8 Å². The second-order valence-electron chi connectivity index (χ2n) is 3.59. The maximum atomic E-state index is 11.0. The highest BCUT2D eigenvalue weighted by Crippen LogP contribution is 2.00. The SMILES string of the molecule is CC(=NNC(C(=O)O)=C(NN=C(C)C(=O)O)C(=O)O)C(=O)O. The van der Waals surface area contributed by atoms with Gasteiger partial charge in [0, 0.05) is 0 Å². The quantitative estimate of drug-likeness (QED) is 0.173. The average Bonchev–Trinajstić information content (AvgIpc) is 2.40. The van der Waals surface area contributed by atoms with Crippen LogP contribution in [-0.4, -0.2) is 55.7 Å². The number of rotatable bonds is 8. The molecule has 0 aromatic heterocycles. The number of hydrazone groups is 2. The number of hydrogen-bond acceptors (Lipinski definition) is 8. The molecule has 12 heteroatoms. The van der Waals surface area contributed by atoms with Gasteiger partial charge in [0.25, 0.3) is 0 Å². The molecule has 0 aromatic rings. The highest BCUT2D eigenvalue weighted by molar-refractivity contribution is 6.34. The van der Waals surface area contributed by atoms with Crippen LogP contribution in [0.3, 0.4) is 0 Å². The van der Waals surface area contributed by atoms with Gasteiger partial charge in [-0.1, -0.05) is 0 Å². The lowest BCUT2D eigenvalue weighted by molar-refractivity contribution is -0.136. The molecule has 120 valence electrons. The van der Waals surface area contributed by atoms with Crippen molar-refractivity contribution in [2.75, 3.05) is 0 Å². The van der Waals surface area contributed by atoms with Crippen molar-refractivity contribution >= 4 is 35.3 Å². The number of nitrogens with one attached hydrogen (secondary N) is 2. The van der Waals surface area contributed by atoms with Crippen molar-refractivity contribution in [3.8, 4) is 0 Å². The summed E-state index contributed by atoms with van der Waals surface area (Å²) in [4.78, 5) is 43.0. The van der Waals surface area contributed by atoms with E-state index in [4.69, 9.17) is 20.4 Å². The van der Waals surface area contributed by atoms with Crippen molar-refractivity contribution < 1.29 is 39.6 Å². The molecular weight excluding hydrogens is 304 g/mol. The first kappa shape index (κ1) is 18.6. The molecule has 0 atom stereocenters. The lowest BCUT2D eigenvalue weighted by atomic mass is 10.3. The van der Waals surface area contributed by atoms with Crippen LogP contribution in [0.25, 0.3) is 0 Å². The molecule has 0 unspecified atom stereocenters. The number of carboxylic acids is 4. The largest absolute Gasteiger partial charge is 0.477 e. The minimum Gasteiger partial charge on any atom is -0.477 e. The maximum absolute atomic E-state index is 11.0.